The Bertz CT molecular complexity index is 1000. The van der Waals surface area contributed by atoms with Crippen LogP contribution in [0, 0.1) is 0 Å². The molecule has 24 heavy (non-hydrogen) atoms. The summed E-state index contributed by atoms with van der Waals surface area (Å²) in [5.41, 5.74) is 1.33. The van der Waals surface area contributed by atoms with Crippen molar-refractivity contribution < 1.29 is 12.6 Å². The van der Waals surface area contributed by atoms with Crippen molar-refractivity contribution in [3.05, 3.63) is 64.3 Å². The Morgan fingerprint density at radius 3 is 2.46 bits per heavy atom. The van der Waals surface area contributed by atoms with Crippen LogP contribution >= 0.6 is 23.2 Å². The molecule has 4 nitrogen and oxygen atoms in total. The fraction of sp³-hybridized carbons (Fsp3) is 0.118. The number of aryl methyl sites for hydroxylation is 1. The number of pyridine rings is 1. The lowest BCUT2D eigenvalue weighted by Gasteiger charge is -2.12. The number of rotatable bonds is 4. The second-order valence-corrected chi connectivity index (χ2v) is 7.46. The summed E-state index contributed by atoms with van der Waals surface area (Å²) in [7, 11) is -4.03. The van der Waals surface area contributed by atoms with E-state index < -0.39 is 10.1 Å². The molecule has 0 fully saturated rings. The molecule has 7 heteroatoms. The Balaban J connectivity index is 2.08. The number of hydrogen-bond acceptors (Lipinski definition) is 4. The third-order valence-electron chi connectivity index (χ3n) is 3.56. The van der Waals surface area contributed by atoms with Crippen molar-refractivity contribution in [1.29, 1.82) is 0 Å². The van der Waals surface area contributed by atoms with E-state index in [1.54, 1.807) is 24.3 Å². The first-order valence-corrected chi connectivity index (χ1v) is 9.35. The summed E-state index contributed by atoms with van der Waals surface area (Å²) in [6, 6.07) is 11.4. The molecule has 0 bridgehead atoms. The van der Waals surface area contributed by atoms with Gasteiger partial charge in [0.15, 0.2) is 5.75 Å². The van der Waals surface area contributed by atoms with Gasteiger partial charge in [-0.05, 0) is 42.3 Å². The highest BCUT2D eigenvalue weighted by Gasteiger charge is 2.21. The fourth-order valence-electron chi connectivity index (χ4n) is 2.28. The topological polar surface area (TPSA) is 56.3 Å². The van der Waals surface area contributed by atoms with Gasteiger partial charge in [-0.15, -0.1) is 0 Å². The van der Waals surface area contributed by atoms with Crippen molar-refractivity contribution in [2.45, 2.75) is 18.2 Å². The Hall–Kier alpha value is -1.82. The van der Waals surface area contributed by atoms with Gasteiger partial charge in [0.1, 0.15) is 10.4 Å². The van der Waals surface area contributed by atoms with Gasteiger partial charge >= 0.3 is 10.1 Å². The summed E-state index contributed by atoms with van der Waals surface area (Å²) in [6.07, 6.45) is 2.34. The molecule has 1 aromatic heterocycles. The first-order valence-electron chi connectivity index (χ1n) is 7.18. The molecule has 0 spiro atoms. The van der Waals surface area contributed by atoms with E-state index >= 15 is 0 Å². The Labute approximate surface area is 150 Å². The highest BCUT2D eigenvalue weighted by molar-refractivity contribution is 7.87. The van der Waals surface area contributed by atoms with Crippen molar-refractivity contribution in [1.82, 2.24) is 4.98 Å². The van der Waals surface area contributed by atoms with Crippen molar-refractivity contribution in [2.24, 2.45) is 0 Å². The predicted molar refractivity (Wildman–Crippen MR) is 95.4 cm³/mol. The lowest BCUT2D eigenvalue weighted by atomic mass is 10.2. The molecule has 0 aliphatic heterocycles. The van der Waals surface area contributed by atoms with Crippen LogP contribution in [0.3, 0.4) is 0 Å². The molecule has 0 unspecified atom stereocenters. The van der Waals surface area contributed by atoms with Crippen LogP contribution in [0.5, 0.6) is 5.75 Å². The van der Waals surface area contributed by atoms with Crippen LogP contribution < -0.4 is 4.18 Å². The lowest BCUT2D eigenvalue weighted by molar-refractivity contribution is 0.488. The van der Waals surface area contributed by atoms with E-state index in [1.807, 2.05) is 6.92 Å². The Morgan fingerprint density at radius 1 is 1.08 bits per heavy atom. The summed E-state index contributed by atoms with van der Waals surface area (Å²) < 4.78 is 30.4. The lowest BCUT2D eigenvalue weighted by Crippen LogP contribution is -2.10. The van der Waals surface area contributed by atoms with Crippen molar-refractivity contribution >= 4 is 44.2 Å². The molecular weight excluding hydrogens is 369 g/mol. The summed E-state index contributed by atoms with van der Waals surface area (Å²) in [5.74, 6) is -0.0313. The Morgan fingerprint density at radius 2 is 1.79 bits per heavy atom. The molecule has 0 aliphatic rings. The van der Waals surface area contributed by atoms with E-state index in [0.717, 1.165) is 12.0 Å². The van der Waals surface area contributed by atoms with E-state index in [2.05, 4.69) is 4.98 Å². The van der Waals surface area contributed by atoms with Gasteiger partial charge in [0.2, 0.25) is 0 Å². The molecule has 0 radical (unpaired) electrons. The number of hydrogen-bond donors (Lipinski definition) is 0. The average molecular weight is 382 g/mol. The molecule has 0 saturated heterocycles. The van der Waals surface area contributed by atoms with E-state index in [0.29, 0.717) is 15.9 Å². The van der Waals surface area contributed by atoms with E-state index in [4.69, 9.17) is 27.4 Å². The fourth-order valence-corrected chi connectivity index (χ4v) is 3.83. The molecule has 0 aliphatic carbocycles. The molecule has 0 saturated carbocycles. The largest absolute Gasteiger partial charge is 0.375 e. The van der Waals surface area contributed by atoms with Gasteiger partial charge in [-0.1, -0.05) is 42.3 Å². The van der Waals surface area contributed by atoms with Crippen LogP contribution in [0.1, 0.15) is 12.5 Å². The first kappa shape index (κ1) is 17.0. The third kappa shape index (κ3) is 3.20. The van der Waals surface area contributed by atoms with Gasteiger partial charge in [-0.2, -0.15) is 8.42 Å². The maximum absolute atomic E-state index is 12.5. The second-order valence-electron chi connectivity index (χ2n) is 5.10. The molecular formula is C17H13Cl2NO3S. The van der Waals surface area contributed by atoms with Crippen LogP contribution in [0.15, 0.2) is 53.6 Å². The monoisotopic (exact) mass is 381 g/mol. The van der Waals surface area contributed by atoms with Crippen LogP contribution in [-0.2, 0) is 16.5 Å². The number of benzene rings is 2. The molecule has 0 atom stereocenters. The van der Waals surface area contributed by atoms with Gasteiger partial charge in [0.25, 0.3) is 0 Å². The summed E-state index contributed by atoms with van der Waals surface area (Å²) >= 11 is 12.3. The number of fused-ring (bicyclic) bond motifs is 1. The zero-order valence-electron chi connectivity index (χ0n) is 12.7. The van der Waals surface area contributed by atoms with Crippen LogP contribution in [0.2, 0.25) is 10.0 Å². The van der Waals surface area contributed by atoms with Crippen LogP contribution in [0.25, 0.3) is 10.9 Å². The maximum Gasteiger partial charge on any atom is 0.339 e. The quantitative estimate of drug-likeness (QED) is 0.604. The highest BCUT2D eigenvalue weighted by Crippen LogP contribution is 2.38. The minimum absolute atomic E-state index is 0.0313. The summed E-state index contributed by atoms with van der Waals surface area (Å²) in [6.45, 7) is 1.99. The van der Waals surface area contributed by atoms with Gasteiger partial charge in [-0.3, -0.25) is 4.98 Å². The average Bonchev–Trinajstić information content (AvgIpc) is 2.59. The number of halogens is 2. The SMILES string of the molecule is CCc1ccc(S(=O)(=O)Oc2c(Cl)cc(Cl)c3cccnc23)cc1. The van der Waals surface area contributed by atoms with Gasteiger partial charge < -0.3 is 4.18 Å². The van der Waals surface area contributed by atoms with Crippen molar-refractivity contribution in [3.8, 4) is 5.75 Å². The molecule has 2 aromatic carbocycles. The van der Waals surface area contributed by atoms with Gasteiger partial charge in [0.05, 0.1) is 10.0 Å². The Kier molecular flexibility index (Phi) is 4.67. The van der Waals surface area contributed by atoms with Crippen molar-refractivity contribution in [3.63, 3.8) is 0 Å². The second kappa shape index (κ2) is 6.59. The van der Waals surface area contributed by atoms with E-state index in [1.165, 1.54) is 24.4 Å². The molecule has 0 N–H and O–H groups in total. The van der Waals surface area contributed by atoms with E-state index in [-0.39, 0.29) is 15.7 Å². The molecule has 1 heterocycles. The summed E-state index contributed by atoms with van der Waals surface area (Å²) in [5, 5.41) is 1.02. The standard InChI is InChI=1S/C17H13Cl2NO3S/c1-2-11-5-7-12(8-6-11)24(21,22)23-17-15(19)10-14(18)13-4-3-9-20-16(13)17/h3-10H,2H2,1H3. The number of aromatic nitrogens is 1. The van der Waals surface area contributed by atoms with E-state index in [9.17, 15) is 8.42 Å². The highest BCUT2D eigenvalue weighted by atomic mass is 35.5. The normalized spacial score (nSPS) is 11.6. The van der Waals surface area contributed by atoms with Crippen LogP contribution in [-0.4, -0.2) is 13.4 Å². The first-order chi connectivity index (χ1) is 11.4. The zero-order valence-corrected chi connectivity index (χ0v) is 15.0. The molecule has 3 rings (SSSR count). The van der Waals surface area contributed by atoms with Crippen LogP contribution in [0.4, 0.5) is 0 Å². The summed E-state index contributed by atoms with van der Waals surface area (Å²) in [4.78, 5) is 4.20. The van der Waals surface area contributed by atoms with Crippen molar-refractivity contribution in [2.75, 3.05) is 0 Å². The molecule has 0 amide bonds. The van der Waals surface area contributed by atoms with Gasteiger partial charge in [-0.25, -0.2) is 0 Å². The maximum atomic E-state index is 12.5. The predicted octanol–water partition coefficient (Wildman–Crippen LogP) is 4.87. The molecule has 3 aromatic rings. The smallest absolute Gasteiger partial charge is 0.339 e. The third-order valence-corrected chi connectivity index (χ3v) is 5.39. The minimum atomic E-state index is -4.03. The molecule has 124 valence electrons. The zero-order chi connectivity index (χ0) is 17.3. The number of nitrogens with zero attached hydrogens (tertiary/aromatic N) is 1. The van der Waals surface area contributed by atoms with Gasteiger partial charge in [0, 0.05) is 11.6 Å². The minimum Gasteiger partial charge on any atom is -0.375 e.